The van der Waals surface area contributed by atoms with Gasteiger partial charge in [-0.1, -0.05) is 20.8 Å². The number of aromatic nitrogens is 3. The molecule has 0 saturated heterocycles. The van der Waals surface area contributed by atoms with Crippen LogP contribution in [-0.4, -0.2) is 20.4 Å². The van der Waals surface area contributed by atoms with Gasteiger partial charge >= 0.3 is 0 Å². The van der Waals surface area contributed by atoms with E-state index in [9.17, 15) is 4.79 Å². The van der Waals surface area contributed by atoms with Gasteiger partial charge in [-0.3, -0.25) is 4.79 Å². The lowest BCUT2D eigenvalue weighted by atomic mass is 9.51. The van der Waals surface area contributed by atoms with E-state index in [0.717, 1.165) is 24.9 Å². The molecule has 2 aromatic rings. The lowest BCUT2D eigenvalue weighted by Gasteiger charge is -2.52. The minimum absolute atomic E-state index is 0.0109. The van der Waals surface area contributed by atoms with Crippen LogP contribution in [0.4, 0.5) is 0 Å². The second-order valence-corrected chi connectivity index (χ2v) is 7.40. The number of Topliss-reactive ketones (excluding diaryl/α,β-unsaturated/α-hetero) is 1. The van der Waals surface area contributed by atoms with Crippen LogP contribution in [0.2, 0.25) is 0 Å². The molecule has 4 rings (SSSR count). The zero-order valence-corrected chi connectivity index (χ0v) is 12.9. The summed E-state index contributed by atoms with van der Waals surface area (Å²) >= 11 is 0. The van der Waals surface area contributed by atoms with Gasteiger partial charge in [0, 0.05) is 29.5 Å². The highest BCUT2D eigenvalue weighted by atomic mass is 16.1. The van der Waals surface area contributed by atoms with Crippen molar-refractivity contribution in [2.45, 2.75) is 51.9 Å². The Balaban J connectivity index is 1.92. The van der Waals surface area contributed by atoms with E-state index in [2.05, 4.69) is 32.1 Å². The number of carbonyl (C=O) groups is 1. The summed E-state index contributed by atoms with van der Waals surface area (Å²) in [6.45, 7) is 6.56. The first-order valence-electron chi connectivity index (χ1n) is 7.80. The van der Waals surface area contributed by atoms with Crippen molar-refractivity contribution < 1.29 is 4.79 Å². The van der Waals surface area contributed by atoms with Crippen LogP contribution in [-0.2, 0) is 16.6 Å². The number of hydrogen-bond donors (Lipinski definition) is 0. The van der Waals surface area contributed by atoms with E-state index in [1.165, 1.54) is 11.3 Å². The van der Waals surface area contributed by atoms with Crippen molar-refractivity contribution in [3.63, 3.8) is 0 Å². The summed E-state index contributed by atoms with van der Waals surface area (Å²) in [4.78, 5) is 17.3. The maximum absolute atomic E-state index is 12.4. The van der Waals surface area contributed by atoms with Crippen molar-refractivity contribution in [1.82, 2.24) is 14.6 Å². The van der Waals surface area contributed by atoms with Crippen LogP contribution in [0.1, 0.15) is 51.3 Å². The average molecular weight is 283 g/mol. The molecule has 2 aliphatic rings. The van der Waals surface area contributed by atoms with Crippen LogP contribution in [0, 0.1) is 11.3 Å². The highest BCUT2D eigenvalue weighted by molar-refractivity contribution is 5.86. The van der Waals surface area contributed by atoms with Gasteiger partial charge in [-0.25, -0.2) is 9.50 Å². The number of aryl methyl sites for hydroxylation is 1. The quantitative estimate of drug-likeness (QED) is 0.747. The fourth-order valence-corrected chi connectivity index (χ4v) is 4.69. The van der Waals surface area contributed by atoms with E-state index in [1.807, 2.05) is 10.6 Å². The molecule has 21 heavy (non-hydrogen) atoms. The first-order valence-corrected chi connectivity index (χ1v) is 7.80. The largest absolute Gasteiger partial charge is 0.299 e. The van der Waals surface area contributed by atoms with Gasteiger partial charge in [0.15, 0.2) is 5.65 Å². The molecule has 2 aromatic heterocycles. The standard InChI is InChI=1S/C17H21N3O/c1-16(2)12-5-4-11-10-20-14(7-9-18-20)19-15(11)17(12,3)8-6-13(16)21/h7,9-10,12H,4-6,8H2,1-3H3. The van der Waals surface area contributed by atoms with E-state index in [-0.39, 0.29) is 10.8 Å². The van der Waals surface area contributed by atoms with Gasteiger partial charge in [0.25, 0.3) is 0 Å². The van der Waals surface area contributed by atoms with E-state index < -0.39 is 0 Å². The van der Waals surface area contributed by atoms with Crippen molar-refractivity contribution in [3.05, 3.63) is 29.7 Å². The molecule has 2 atom stereocenters. The molecule has 110 valence electrons. The fraction of sp³-hybridized carbons (Fsp3) is 0.588. The van der Waals surface area contributed by atoms with Gasteiger partial charge in [0.2, 0.25) is 0 Å². The molecular weight excluding hydrogens is 262 g/mol. The zero-order chi connectivity index (χ0) is 14.8. The zero-order valence-electron chi connectivity index (χ0n) is 12.9. The summed E-state index contributed by atoms with van der Waals surface area (Å²) in [5.74, 6) is 0.801. The molecule has 2 unspecified atom stereocenters. The Kier molecular flexibility index (Phi) is 2.43. The van der Waals surface area contributed by atoms with Crippen LogP contribution < -0.4 is 0 Å². The second-order valence-electron chi connectivity index (χ2n) is 7.40. The number of carbonyl (C=O) groups excluding carboxylic acids is 1. The van der Waals surface area contributed by atoms with Crippen LogP contribution >= 0.6 is 0 Å². The molecule has 0 aromatic carbocycles. The molecule has 0 bridgehead atoms. The highest BCUT2D eigenvalue weighted by Crippen LogP contribution is 2.55. The van der Waals surface area contributed by atoms with Gasteiger partial charge in [0.05, 0.1) is 11.9 Å². The van der Waals surface area contributed by atoms with Gasteiger partial charge in [0.1, 0.15) is 5.78 Å². The monoisotopic (exact) mass is 283 g/mol. The Morgan fingerprint density at radius 2 is 2.10 bits per heavy atom. The van der Waals surface area contributed by atoms with Gasteiger partial charge in [-0.2, -0.15) is 5.10 Å². The van der Waals surface area contributed by atoms with Crippen LogP contribution in [0.3, 0.4) is 0 Å². The van der Waals surface area contributed by atoms with Gasteiger partial charge in [-0.05, 0) is 30.7 Å². The van der Waals surface area contributed by atoms with E-state index in [0.29, 0.717) is 18.1 Å². The fourth-order valence-electron chi connectivity index (χ4n) is 4.69. The minimum Gasteiger partial charge on any atom is -0.299 e. The lowest BCUT2D eigenvalue weighted by Crippen LogP contribution is -2.52. The highest BCUT2D eigenvalue weighted by Gasteiger charge is 2.54. The molecule has 1 fully saturated rings. The number of hydrogen-bond acceptors (Lipinski definition) is 3. The van der Waals surface area contributed by atoms with Crippen LogP contribution in [0.5, 0.6) is 0 Å². The van der Waals surface area contributed by atoms with Crippen molar-refractivity contribution in [2.75, 3.05) is 0 Å². The Bertz CT molecular complexity index is 746. The SMILES string of the molecule is CC1(C)C(=O)CCC2(C)c3nc4ccnn4cc3CCC12. The molecule has 4 nitrogen and oxygen atoms in total. The molecule has 2 heterocycles. The number of fused-ring (bicyclic) bond motifs is 4. The normalized spacial score (nSPS) is 31.0. The number of nitrogens with zero attached hydrogens (tertiary/aromatic N) is 3. The van der Waals surface area contributed by atoms with E-state index in [1.54, 1.807) is 6.20 Å². The molecule has 0 radical (unpaired) electrons. The van der Waals surface area contributed by atoms with E-state index in [4.69, 9.17) is 4.98 Å². The summed E-state index contributed by atoms with van der Waals surface area (Å²) in [5, 5.41) is 4.29. The maximum atomic E-state index is 12.4. The first-order chi connectivity index (χ1) is 9.93. The van der Waals surface area contributed by atoms with E-state index >= 15 is 0 Å². The topological polar surface area (TPSA) is 47.3 Å². The summed E-state index contributed by atoms with van der Waals surface area (Å²) in [5.41, 5.74) is 3.18. The average Bonchev–Trinajstić information content (AvgIpc) is 2.89. The Morgan fingerprint density at radius 1 is 1.29 bits per heavy atom. The van der Waals surface area contributed by atoms with Crippen LogP contribution in [0.25, 0.3) is 5.65 Å². The van der Waals surface area contributed by atoms with Gasteiger partial charge in [-0.15, -0.1) is 0 Å². The summed E-state index contributed by atoms with van der Waals surface area (Å²) in [6, 6.07) is 1.95. The lowest BCUT2D eigenvalue weighted by molar-refractivity contribution is -0.137. The van der Waals surface area contributed by atoms with Crippen molar-refractivity contribution in [3.8, 4) is 0 Å². The number of ketones is 1. The Hall–Kier alpha value is -1.71. The molecule has 0 aliphatic heterocycles. The van der Waals surface area contributed by atoms with Crippen molar-refractivity contribution >= 4 is 11.4 Å². The molecule has 0 spiro atoms. The summed E-state index contributed by atoms with van der Waals surface area (Å²) in [6.07, 6.45) is 7.58. The summed E-state index contributed by atoms with van der Waals surface area (Å²) < 4.78 is 1.86. The Morgan fingerprint density at radius 3 is 2.90 bits per heavy atom. The Labute approximate surface area is 124 Å². The van der Waals surface area contributed by atoms with Crippen molar-refractivity contribution in [1.29, 1.82) is 0 Å². The maximum Gasteiger partial charge on any atom is 0.155 e. The minimum atomic E-state index is -0.237. The third kappa shape index (κ3) is 1.59. The number of rotatable bonds is 0. The first kappa shape index (κ1) is 13.0. The molecule has 2 aliphatic carbocycles. The van der Waals surface area contributed by atoms with Gasteiger partial charge < -0.3 is 0 Å². The smallest absolute Gasteiger partial charge is 0.155 e. The molecular formula is C17H21N3O. The van der Waals surface area contributed by atoms with Crippen molar-refractivity contribution in [2.24, 2.45) is 11.3 Å². The second kappa shape index (κ2) is 3.93. The predicted molar refractivity (Wildman–Crippen MR) is 80.2 cm³/mol. The third-order valence-electron chi connectivity index (χ3n) is 5.93. The molecule has 1 saturated carbocycles. The summed E-state index contributed by atoms with van der Waals surface area (Å²) in [7, 11) is 0. The molecule has 0 amide bonds. The van der Waals surface area contributed by atoms with Crippen LogP contribution in [0.15, 0.2) is 18.5 Å². The molecule has 4 heteroatoms. The third-order valence-corrected chi connectivity index (χ3v) is 5.93. The predicted octanol–water partition coefficient (Wildman–Crippen LogP) is 2.94. The molecule has 0 N–H and O–H groups in total.